The third kappa shape index (κ3) is 1.48. The first-order valence-electron chi connectivity index (χ1n) is 4.28. The fourth-order valence-corrected chi connectivity index (χ4v) is 1.84. The number of nitrogens with one attached hydrogen (secondary N) is 1. The summed E-state index contributed by atoms with van der Waals surface area (Å²) < 4.78 is 13.7. The first kappa shape index (κ1) is 9.46. The molecule has 1 aromatic carbocycles. The van der Waals surface area contributed by atoms with E-state index in [1.807, 2.05) is 12.3 Å². The van der Waals surface area contributed by atoms with E-state index in [1.165, 1.54) is 6.07 Å². The predicted molar refractivity (Wildman–Crippen MR) is 59.9 cm³/mol. The summed E-state index contributed by atoms with van der Waals surface area (Å²) in [6, 6.07) is 3.28. The van der Waals surface area contributed by atoms with E-state index in [1.54, 1.807) is 6.07 Å². The van der Waals surface area contributed by atoms with Crippen LogP contribution in [-0.4, -0.2) is 4.98 Å². The average Bonchev–Trinajstić information content (AvgIpc) is 2.51. The minimum atomic E-state index is -0.246. The Morgan fingerprint density at radius 3 is 3.00 bits per heavy atom. The highest BCUT2D eigenvalue weighted by Crippen LogP contribution is 2.25. The lowest BCUT2D eigenvalue weighted by Gasteiger charge is -1.97. The summed E-state index contributed by atoms with van der Waals surface area (Å²) in [5.41, 5.74) is 1.96. The zero-order valence-electron chi connectivity index (χ0n) is 7.48. The summed E-state index contributed by atoms with van der Waals surface area (Å²) in [5, 5.41) is 1.04. The van der Waals surface area contributed by atoms with E-state index in [-0.39, 0.29) is 5.82 Å². The first-order chi connectivity index (χ1) is 6.72. The van der Waals surface area contributed by atoms with Gasteiger partial charge in [0.25, 0.3) is 0 Å². The van der Waals surface area contributed by atoms with Crippen LogP contribution in [-0.2, 0) is 6.42 Å². The molecule has 0 amide bonds. The molecular formula is C11H9BrFN. The van der Waals surface area contributed by atoms with Crippen molar-refractivity contribution in [3.8, 4) is 0 Å². The van der Waals surface area contributed by atoms with Crippen LogP contribution in [0.2, 0.25) is 0 Å². The van der Waals surface area contributed by atoms with Crippen LogP contribution in [0.15, 0.2) is 35.5 Å². The van der Waals surface area contributed by atoms with E-state index < -0.39 is 0 Å². The molecule has 1 aromatic heterocycles. The molecular weight excluding hydrogens is 245 g/mol. The van der Waals surface area contributed by atoms with Crippen molar-refractivity contribution in [1.29, 1.82) is 0 Å². The molecule has 0 saturated carbocycles. The minimum absolute atomic E-state index is 0.246. The summed E-state index contributed by atoms with van der Waals surface area (Å²) in [6.45, 7) is 3.68. The van der Waals surface area contributed by atoms with E-state index in [9.17, 15) is 4.39 Å². The second kappa shape index (κ2) is 3.58. The smallest absolute Gasteiger partial charge is 0.139 e. The molecule has 0 bridgehead atoms. The molecule has 2 rings (SSSR count). The maximum Gasteiger partial charge on any atom is 0.139 e. The third-order valence-electron chi connectivity index (χ3n) is 2.17. The molecule has 2 aromatic rings. The predicted octanol–water partition coefficient (Wildman–Crippen LogP) is 3.80. The van der Waals surface area contributed by atoms with Crippen LogP contribution in [0.3, 0.4) is 0 Å². The Labute approximate surface area is 89.8 Å². The SMILES string of the molecule is C=CCc1c[nH]c2cc(F)c(Br)cc12. The second-order valence-corrected chi connectivity index (χ2v) is 3.97. The van der Waals surface area contributed by atoms with Gasteiger partial charge in [0.05, 0.1) is 4.47 Å². The van der Waals surface area contributed by atoms with Gasteiger partial charge in [-0.15, -0.1) is 6.58 Å². The Morgan fingerprint density at radius 2 is 2.29 bits per heavy atom. The van der Waals surface area contributed by atoms with Gasteiger partial charge in [-0.3, -0.25) is 0 Å². The van der Waals surface area contributed by atoms with Gasteiger partial charge >= 0.3 is 0 Å². The molecule has 0 spiro atoms. The van der Waals surface area contributed by atoms with Gasteiger partial charge in [-0.1, -0.05) is 6.08 Å². The second-order valence-electron chi connectivity index (χ2n) is 3.12. The molecule has 1 nitrogen and oxygen atoms in total. The van der Waals surface area contributed by atoms with Gasteiger partial charge < -0.3 is 4.98 Å². The normalized spacial score (nSPS) is 10.7. The molecule has 0 aliphatic carbocycles. The fraction of sp³-hybridized carbons (Fsp3) is 0.0909. The van der Waals surface area contributed by atoms with Crippen molar-refractivity contribution < 1.29 is 4.39 Å². The van der Waals surface area contributed by atoms with Crippen LogP contribution in [0, 0.1) is 5.82 Å². The van der Waals surface area contributed by atoms with Crippen LogP contribution in [0.25, 0.3) is 10.9 Å². The van der Waals surface area contributed by atoms with E-state index in [4.69, 9.17) is 0 Å². The minimum Gasteiger partial charge on any atom is -0.361 e. The average molecular weight is 254 g/mol. The van der Waals surface area contributed by atoms with Crippen LogP contribution in [0.4, 0.5) is 4.39 Å². The molecule has 72 valence electrons. The number of H-pyrrole nitrogens is 1. The molecule has 0 saturated heterocycles. The molecule has 0 unspecified atom stereocenters. The van der Waals surface area contributed by atoms with E-state index in [0.29, 0.717) is 4.47 Å². The van der Waals surface area contributed by atoms with E-state index >= 15 is 0 Å². The Bertz CT molecular complexity index is 487. The molecule has 0 radical (unpaired) electrons. The van der Waals surface area contributed by atoms with Crippen molar-refractivity contribution in [3.05, 3.63) is 46.8 Å². The molecule has 14 heavy (non-hydrogen) atoms. The summed E-state index contributed by atoms with van der Waals surface area (Å²) in [4.78, 5) is 3.03. The van der Waals surface area contributed by atoms with E-state index in [0.717, 1.165) is 22.9 Å². The van der Waals surface area contributed by atoms with E-state index in [2.05, 4.69) is 27.5 Å². The Balaban J connectivity index is 2.67. The van der Waals surface area contributed by atoms with Crippen LogP contribution >= 0.6 is 15.9 Å². The van der Waals surface area contributed by atoms with Crippen molar-refractivity contribution in [2.24, 2.45) is 0 Å². The highest BCUT2D eigenvalue weighted by molar-refractivity contribution is 9.10. The summed E-state index contributed by atoms with van der Waals surface area (Å²) in [6.07, 6.45) is 4.51. The topological polar surface area (TPSA) is 15.8 Å². The fourth-order valence-electron chi connectivity index (χ4n) is 1.50. The number of aromatic nitrogens is 1. The number of hydrogen-bond acceptors (Lipinski definition) is 0. The van der Waals surface area contributed by atoms with Crippen molar-refractivity contribution in [2.75, 3.05) is 0 Å². The number of halogens is 2. The van der Waals surface area contributed by atoms with Crippen molar-refractivity contribution in [1.82, 2.24) is 4.98 Å². The molecule has 0 aliphatic heterocycles. The lowest BCUT2D eigenvalue weighted by atomic mass is 10.1. The quantitative estimate of drug-likeness (QED) is 0.784. The first-order valence-corrected chi connectivity index (χ1v) is 5.07. The summed E-state index contributed by atoms with van der Waals surface area (Å²) in [5.74, 6) is -0.246. The van der Waals surface area contributed by atoms with Crippen LogP contribution in [0.1, 0.15) is 5.56 Å². The van der Waals surface area contributed by atoms with Crippen LogP contribution in [0.5, 0.6) is 0 Å². The Morgan fingerprint density at radius 1 is 1.50 bits per heavy atom. The monoisotopic (exact) mass is 253 g/mol. The largest absolute Gasteiger partial charge is 0.361 e. The number of aromatic amines is 1. The third-order valence-corrected chi connectivity index (χ3v) is 2.78. The van der Waals surface area contributed by atoms with Gasteiger partial charge in [-0.2, -0.15) is 0 Å². The number of allylic oxidation sites excluding steroid dienone is 1. The lowest BCUT2D eigenvalue weighted by molar-refractivity contribution is 0.623. The maximum absolute atomic E-state index is 13.2. The van der Waals surface area contributed by atoms with Crippen LogP contribution < -0.4 is 0 Å². The van der Waals surface area contributed by atoms with Crippen molar-refractivity contribution in [3.63, 3.8) is 0 Å². The van der Waals surface area contributed by atoms with Gasteiger partial charge in [0.1, 0.15) is 5.82 Å². The molecule has 1 N–H and O–H groups in total. The zero-order chi connectivity index (χ0) is 10.1. The molecule has 0 aliphatic rings. The number of rotatable bonds is 2. The standard InChI is InChI=1S/C11H9BrFN/c1-2-3-7-6-14-11-5-10(13)9(12)4-8(7)11/h2,4-6,14H,1,3H2. The van der Waals surface area contributed by atoms with Gasteiger partial charge in [0.15, 0.2) is 0 Å². The summed E-state index contributed by atoms with van der Waals surface area (Å²) >= 11 is 3.17. The molecule has 0 fully saturated rings. The Kier molecular flexibility index (Phi) is 2.42. The van der Waals surface area contributed by atoms with Gasteiger partial charge in [-0.25, -0.2) is 4.39 Å². The maximum atomic E-state index is 13.2. The molecule has 3 heteroatoms. The van der Waals surface area contributed by atoms with Gasteiger partial charge in [-0.05, 0) is 40.0 Å². The molecule has 0 atom stereocenters. The lowest BCUT2D eigenvalue weighted by Crippen LogP contribution is -1.80. The zero-order valence-corrected chi connectivity index (χ0v) is 9.07. The number of fused-ring (bicyclic) bond motifs is 1. The number of hydrogen-bond donors (Lipinski definition) is 1. The van der Waals surface area contributed by atoms with Gasteiger partial charge in [0, 0.05) is 17.1 Å². The molecule has 1 heterocycles. The van der Waals surface area contributed by atoms with Crippen molar-refractivity contribution in [2.45, 2.75) is 6.42 Å². The van der Waals surface area contributed by atoms with Gasteiger partial charge in [0.2, 0.25) is 0 Å². The summed E-state index contributed by atoms with van der Waals surface area (Å²) in [7, 11) is 0. The Hall–Kier alpha value is -1.09. The van der Waals surface area contributed by atoms with Crippen molar-refractivity contribution >= 4 is 26.8 Å². The highest BCUT2D eigenvalue weighted by Gasteiger charge is 2.06. The number of benzene rings is 1. The highest BCUT2D eigenvalue weighted by atomic mass is 79.9.